The molecule has 0 spiro atoms. The summed E-state index contributed by atoms with van der Waals surface area (Å²) in [7, 11) is -3.33. The first-order valence-corrected chi connectivity index (χ1v) is 9.90. The van der Waals surface area contributed by atoms with E-state index in [4.69, 9.17) is 0 Å². The molecule has 0 aromatic carbocycles. The summed E-state index contributed by atoms with van der Waals surface area (Å²) in [6.45, 7) is 6.22. The molecule has 2 rings (SSSR count). The van der Waals surface area contributed by atoms with Crippen LogP contribution in [0, 0.1) is 5.92 Å². The fraction of sp³-hybridized carbons (Fsp3) is 0.933. The molecule has 0 aliphatic carbocycles. The molecule has 2 aliphatic heterocycles. The van der Waals surface area contributed by atoms with Gasteiger partial charge < -0.3 is 5.32 Å². The van der Waals surface area contributed by atoms with Gasteiger partial charge in [-0.1, -0.05) is 13.3 Å². The first kappa shape index (κ1) is 17.7. The van der Waals surface area contributed by atoms with Crippen molar-refractivity contribution in [1.82, 2.24) is 13.9 Å². The molecule has 0 bridgehead atoms. The molecule has 22 heavy (non-hydrogen) atoms. The van der Waals surface area contributed by atoms with Crippen LogP contribution in [0.3, 0.4) is 0 Å². The lowest BCUT2D eigenvalue weighted by Crippen LogP contribution is -2.50. The van der Waals surface area contributed by atoms with Gasteiger partial charge in [0, 0.05) is 38.1 Å². The Hall–Kier alpha value is -0.660. The van der Waals surface area contributed by atoms with Gasteiger partial charge in [0.1, 0.15) is 0 Å². The zero-order valence-electron chi connectivity index (χ0n) is 13.8. The van der Waals surface area contributed by atoms with Crippen molar-refractivity contribution in [1.29, 1.82) is 0 Å². The summed E-state index contributed by atoms with van der Waals surface area (Å²) < 4.78 is 28.4. The average molecular weight is 331 g/mol. The van der Waals surface area contributed by atoms with Crippen molar-refractivity contribution in [3.05, 3.63) is 0 Å². The van der Waals surface area contributed by atoms with Gasteiger partial charge in [0.25, 0.3) is 10.2 Å². The zero-order valence-corrected chi connectivity index (χ0v) is 14.6. The topological polar surface area (TPSA) is 69.7 Å². The molecule has 7 heteroatoms. The number of carbonyl (C=O) groups is 1. The molecular weight excluding hydrogens is 302 g/mol. The number of hydrogen-bond donors (Lipinski definition) is 1. The SMILES string of the molecule is CCC(C)NC(=O)C1CCN(S(=O)(=O)N2CCCCC2)CC1. The number of nitrogens with one attached hydrogen (secondary N) is 1. The Morgan fingerprint density at radius 3 is 2.18 bits per heavy atom. The smallest absolute Gasteiger partial charge is 0.281 e. The van der Waals surface area contributed by atoms with Gasteiger partial charge in [-0.05, 0) is 39.0 Å². The summed E-state index contributed by atoms with van der Waals surface area (Å²) in [5.41, 5.74) is 0. The Bertz CT molecular complexity index is 466. The second-order valence-corrected chi connectivity index (χ2v) is 8.39. The van der Waals surface area contributed by atoms with Crippen LogP contribution in [-0.2, 0) is 15.0 Å². The lowest BCUT2D eigenvalue weighted by molar-refractivity contribution is -0.126. The quantitative estimate of drug-likeness (QED) is 0.826. The van der Waals surface area contributed by atoms with Gasteiger partial charge >= 0.3 is 0 Å². The number of piperidine rings is 2. The highest BCUT2D eigenvalue weighted by molar-refractivity contribution is 7.86. The van der Waals surface area contributed by atoms with Crippen molar-refractivity contribution in [2.24, 2.45) is 5.92 Å². The summed E-state index contributed by atoms with van der Waals surface area (Å²) in [6.07, 6.45) is 5.17. The van der Waals surface area contributed by atoms with E-state index in [-0.39, 0.29) is 17.9 Å². The molecule has 2 saturated heterocycles. The van der Waals surface area contributed by atoms with Gasteiger partial charge in [-0.2, -0.15) is 17.0 Å². The predicted octanol–water partition coefficient (Wildman–Crippen LogP) is 1.34. The van der Waals surface area contributed by atoms with E-state index >= 15 is 0 Å². The molecular formula is C15H29N3O3S. The van der Waals surface area contributed by atoms with Gasteiger partial charge in [0.15, 0.2) is 0 Å². The largest absolute Gasteiger partial charge is 0.353 e. The van der Waals surface area contributed by atoms with E-state index in [9.17, 15) is 13.2 Å². The summed E-state index contributed by atoms with van der Waals surface area (Å²) in [5, 5.41) is 3.00. The molecule has 0 saturated carbocycles. The predicted molar refractivity (Wildman–Crippen MR) is 86.5 cm³/mol. The molecule has 0 radical (unpaired) electrons. The van der Waals surface area contributed by atoms with Crippen molar-refractivity contribution < 1.29 is 13.2 Å². The number of hydrogen-bond acceptors (Lipinski definition) is 3. The van der Waals surface area contributed by atoms with Crippen LogP contribution in [0.15, 0.2) is 0 Å². The molecule has 128 valence electrons. The van der Waals surface area contributed by atoms with Gasteiger partial charge in [0.05, 0.1) is 0 Å². The first-order valence-electron chi connectivity index (χ1n) is 8.50. The van der Waals surface area contributed by atoms with Crippen LogP contribution in [0.25, 0.3) is 0 Å². The molecule has 0 aromatic rings. The Labute approximate surface area is 134 Å². The highest BCUT2D eigenvalue weighted by atomic mass is 32.2. The lowest BCUT2D eigenvalue weighted by atomic mass is 9.97. The van der Waals surface area contributed by atoms with Crippen molar-refractivity contribution in [2.75, 3.05) is 26.2 Å². The normalized spacial score (nSPS) is 24.1. The van der Waals surface area contributed by atoms with Crippen LogP contribution in [0.5, 0.6) is 0 Å². The zero-order chi connectivity index (χ0) is 16.2. The van der Waals surface area contributed by atoms with Crippen LogP contribution in [0.1, 0.15) is 52.4 Å². The van der Waals surface area contributed by atoms with E-state index in [1.165, 1.54) is 0 Å². The fourth-order valence-corrected chi connectivity index (χ4v) is 4.79. The highest BCUT2D eigenvalue weighted by Gasteiger charge is 2.35. The minimum atomic E-state index is -3.33. The third-order valence-electron chi connectivity index (χ3n) is 4.79. The first-order chi connectivity index (χ1) is 10.4. The van der Waals surface area contributed by atoms with Crippen molar-refractivity contribution >= 4 is 16.1 Å². The maximum atomic E-state index is 12.6. The van der Waals surface area contributed by atoms with Crippen molar-refractivity contribution in [2.45, 2.75) is 58.4 Å². The molecule has 0 aromatic heterocycles. The second kappa shape index (κ2) is 7.75. The van der Waals surface area contributed by atoms with Crippen molar-refractivity contribution in [3.8, 4) is 0 Å². The number of rotatable bonds is 5. The number of amides is 1. The van der Waals surface area contributed by atoms with E-state index < -0.39 is 10.2 Å². The van der Waals surface area contributed by atoms with Gasteiger partial charge in [-0.3, -0.25) is 4.79 Å². The van der Waals surface area contributed by atoms with Crippen LogP contribution in [0.4, 0.5) is 0 Å². The van der Waals surface area contributed by atoms with Gasteiger partial charge in [0.2, 0.25) is 5.91 Å². The van der Waals surface area contributed by atoms with E-state index in [1.54, 1.807) is 8.61 Å². The van der Waals surface area contributed by atoms with E-state index in [1.807, 2.05) is 13.8 Å². The van der Waals surface area contributed by atoms with Crippen LogP contribution >= 0.6 is 0 Å². The minimum Gasteiger partial charge on any atom is -0.353 e. The van der Waals surface area contributed by atoms with Crippen molar-refractivity contribution in [3.63, 3.8) is 0 Å². The van der Waals surface area contributed by atoms with E-state index in [0.717, 1.165) is 25.7 Å². The van der Waals surface area contributed by atoms with E-state index in [2.05, 4.69) is 5.32 Å². The molecule has 1 atom stereocenters. The molecule has 1 unspecified atom stereocenters. The standard InChI is InChI=1S/C15H29N3O3S/c1-3-13(2)16-15(19)14-7-11-18(12-8-14)22(20,21)17-9-5-4-6-10-17/h13-14H,3-12H2,1-2H3,(H,16,19). The van der Waals surface area contributed by atoms with Gasteiger partial charge in [-0.15, -0.1) is 0 Å². The third kappa shape index (κ3) is 4.20. The van der Waals surface area contributed by atoms with Crippen LogP contribution in [-0.4, -0.2) is 55.2 Å². The monoisotopic (exact) mass is 331 g/mol. The average Bonchev–Trinajstić information content (AvgIpc) is 2.55. The molecule has 2 fully saturated rings. The Morgan fingerprint density at radius 2 is 1.64 bits per heavy atom. The molecule has 1 N–H and O–H groups in total. The Morgan fingerprint density at radius 1 is 1.09 bits per heavy atom. The Balaban J connectivity index is 1.87. The summed E-state index contributed by atoms with van der Waals surface area (Å²) in [4.78, 5) is 12.1. The number of carbonyl (C=O) groups excluding carboxylic acids is 1. The van der Waals surface area contributed by atoms with Gasteiger partial charge in [-0.25, -0.2) is 0 Å². The highest BCUT2D eigenvalue weighted by Crippen LogP contribution is 2.23. The minimum absolute atomic E-state index is 0.0539. The summed E-state index contributed by atoms with van der Waals surface area (Å²) >= 11 is 0. The Kier molecular flexibility index (Phi) is 6.23. The molecule has 6 nitrogen and oxygen atoms in total. The maximum absolute atomic E-state index is 12.6. The molecule has 1 amide bonds. The van der Waals surface area contributed by atoms with Crippen LogP contribution < -0.4 is 5.32 Å². The second-order valence-electron chi connectivity index (χ2n) is 6.46. The number of nitrogens with zero attached hydrogens (tertiary/aromatic N) is 2. The molecule has 2 aliphatic rings. The third-order valence-corrected chi connectivity index (χ3v) is 6.83. The molecule has 2 heterocycles. The maximum Gasteiger partial charge on any atom is 0.281 e. The fourth-order valence-electron chi connectivity index (χ4n) is 3.07. The summed E-state index contributed by atoms with van der Waals surface area (Å²) in [5.74, 6) is 0.0196. The lowest BCUT2D eigenvalue weighted by Gasteiger charge is -2.36. The van der Waals surface area contributed by atoms with Crippen LogP contribution in [0.2, 0.25) is 0 Å². The van der Waals surface area contributed by atoms with E-state index in [0.29, 0.717) is 39.0 Å². The summed E-state index contributed by atoms with van der Waals surface area (Å²) in [6, 6.07) is 0.183.